The number of carbonyl (C=O) groups excluding carboxylic acids is 2. The summed E-state index contributed by atoms with van der Waals surface area (Å²) in [5.74, 6) is -1.38. The summed E-state index contributed by atoms with van der Waals surface area (Å²) in [4.78, 5) is 22.2. The summed E-state index contributed by atoms with van der Waals surface area (Å²) in [7, 11) is 0. The van der Waals surface area contributed by atoms with Gasteiger partial charge < -0.3 is 15.2 Å². The minimum Gasteiger partial charge on any atom is -0.461 e. The molecule has 0 rings (SSSR count). The highest BCUT2D eigenvalue weighted by molar-refractivity contribution is 5.95. The lowest BCUT2D eigenvalue weighted by molar-refractivity contribution is -0.149. The normalized spacial score (nSPS) is 12.1. The van der Waals surface area contributed by atoms with Crippen molar-refractivity contribution in [3.05, 3.63) is 11.8 Å². The summed E-state index contributed by atoms with van der Waals surface area (Å²) in [5, 5.41) is 0. The van der Waals surface area contributed by atoms with E-state index in [2.05, 4.69) is 4.74 Å². The monoisotopic (exact) mass is 215 g/mol. The zero-order chi connectivity index (χ0) is 12.1. The Morgan fingerprint density at radius 3 is 2.27 bits per heavy atom. The molecule has 0 aliphatic heterocycles. The second-order valence-corrected chi connectivity index (χ2v) is 3.85. The van der Waals surface area contributed by atoms with Gasteiger partial charge in [0, 0.05) is 0 Å². The molecule has 2 N–H and O–H groups in total. The van der Waals surface area contributed by atoms with E-state index in [9.17, 15) is 9.59 Å². The SMILES string of the molecule is CCOC(=O)/C(N)=C\C(=O)OC(C)(C)C. The smallest absolute Gasteiger partial charge is 0.354 e. The molecule has 0 aromatic heterocycles. The minimum atomic E-state index is -0.719. The molecule has 15 heavy (non-hydrogen) atoms. The molecule has 0 aliphatic carbocycles. The fourth-order valence-electron chi connectivity index (χ4n) is 0.732. The van der Waals surface area contributed by atoms with Gasteiger partial charge in [-0.3, -0.25) is 0 Å². The molecule has 5 nitrogen and oxygen atoms in total. The van der Waals surface area contributed by atoms with Crippen molar-refractivity contribution in [2.24, 2.45) is 5.73 Å². The van der Waals surface area contributed by atoms with E-state index in [1.165, 1.54) is 0 Å². The van der Waals surface area contributed by atoms with Gasteiger partial charge >= 0.3 is 11.9 Å². The third kappa shape index (κ3) is 6.54. The second-order valence-electron chi connectivity index (χ2n) is 3.85. The average molecular weight is 215 g/mol. The molecule has 0 unspecified atom stereocenters. The van der Waals surface area contributed by atoms with Gasteiger partial charge in [-0.25, -0.2) is 9.59 Å². The molecular formula is C10H17NO4. The van der Waals surface area contributed by atoms with Crippen LogP contribution in [0.1, 0.15) is 27.7 Å². The highest BCUT2D eigenvalue weighted by Crippen LogP contribution is 2.07. The first-order chi connectivity index (χ1) is 6.76. The maximum atomic E-state index is 11.2. The molecule has 0 spiro atoms. The first kappa shape index (κ1) is 13.5. The molecule has 0 saturated carbocycles. The van der Waals surface area contributed by atoms with E-state index in [4.69, 9.17) is 10.5 Å². The highest BCUT2D eigenvalue weighted by Gasteiger charge is 2.16. The standard InChI is InChI=1S/C10H17NO4/c1-5-14-9(13)7(11)6-8(12)15-10(2,3)4/h6H,5,11H2,1-4H3/b7-6+. The van der Waals surface area contributed by atoms with Crippen molar-refractivity contribution in [1.29, 1.82) is 0 Å². The number of carbonyl (C=O) groups is 2. The minimum absolute atomic E-state index is 0.210. The number of hydrogen-bond acceptors (Lipinski definition) is 5. The first-order valence-corrected chi connectivity index (χ1v) is 4.63. The number of nitrogens with two attached hydrogens (primary N) is 1. The van der Waals surface area contributed by atoms with E-state index in [0.717, 1.165) is 6.08 Å². The molecule has 0 aliphatic rings. The zero-order valence-corrected chi connectivity index (χ0v) is 9.49. The summed E-state index contributed by atoms with van der Waals surface area (Å²) in [6, 6.07) is 0. The van der Waals surface area contributed by atoms with Crippen molar-refractivity contribution < 1.29 is 19.1 Å². The Hall–Kier alpha value is -1.52. The Bertz CT molecular complexity index is 276. The maximum absolute atomic E-state index is 11.2. The summed E-state index contributed by atoms with van der Waals surface area (Å²) in [6.07, 6.45) is 0.920. The van der Waals surface area contributed by atoms with Crippen molar-refractivity contribution in [2.75, 3.05) is 6.61 Å². The van der Waals surface area contributed by atoms with Crippen molar-refractivity contribution >= 4 is 11.9 Å². The molecular weight excluding hydrogens is 198 g/mol. The molecule has 0 amide bonds. The van der Waals surface area contributed by atoms with E-state index in [1.807, 2.05) is 0 Å². The molecule has 0 saturated heterocycles. The highest BCUT2D eigenvalue weighted by atomic mass is 16.6. The van der Waals surface area contributed by atoms with Gasteiger partial charge in [0.05, 0.1) is 12.7 Å². The van der Waals surface area contributed by atoms with Gasteiger partial charge in [-0.15, -0.1) is 0 Å². The van der Waals surface area contributed by atoms with Gasteiger partial charge in [0.15, 0.2) is 0 Å². The Kier molecular flexibility index (Phi) is 4.84. The number of ether oxygens (including phenoxy) is 2. The second kappa shape index (κ2) is 5.38. The van der Waals surface area contributed by atoms with Gasteiger partial charge in [-0.2, -0.15) is 0 Å². The van der Waals surface area contributed by atoms with Gasteiger partial charge in [-0.1, -0.05) is 0 Å². The average Bonchev–Trinajstić information content (AvgIpc) is 2.00. The number of esters is 2. The van der Waals surface area contributed by atoms with Crippen LogP contribution in [0.15, 0.2) is 11.8 Å². The first-order valence-electron chi connectivity index (χ1n) is 4.63. The third-order valence-electron chi connectivity index (χ3n) is 1.19. The predicted molar refractivity (Wildman–Crippen MR) is 54.7 cm³/mol. The quantitative estimate of drug-likeness (QED) is 0.554. The van der Waals surface area contributed by atoms with Gasteiger partial charge in [0.1, 0.15) is 11.3 Å². The molecule has 0 heterocycles. The molecule has 0 fully saturated rings. The van der Waals surface area contributed by atoms with Crippen LogP contribution in [0, 0.1) is 0 Å². The summed E-state index contributed by atoms with van der Waals surface area (Å²) >= 11 is 0. The van der Waals surface area contributed by atoms with E-state index >= 15 is 0 Å². The van der Waals surface area contributed by atoms with Gasteiger partial charge in [0.25, 0.3) is 0 Å². The molecule has 0 aromatic rings. The fourth-order valence-corrected chi connectivity index (χ4v) is 0.732. The fraction of sp³-hybridized carbons (Fsp3) is 0.600. The molecule has 0 aromatic carbocycles. The van der Waals surface area contributed by atoms with Crippen LogP contribution >= 0.6 is 0 Å². The molecule has 0 atom stereocenters. The lowest BCUT2D eigenvalue weighted by Crippen LogP contribution is -2.24. The van der Waals surface area contributed by atoms with E-state index in [-0.39, 0.29) is 12.3 Å². The van der Waals surface area contributed by atoms with Crippen molar-refractivity contribution in [3.8, 4) is 0 Å². The van der Waals surface area contributed by atoms with Crippen LogP contribution in [0.25, 0.3) is 0 Å². The van der Waals surface area contributed by atoms with Crippen LogP contribution in [0.2, 0.25) is 0 Å². The largest absolute Gasteiger partial charge is 0.461 e. The van der Waals surface area contributed by atoms with E-state index < -0.39 is 17.5 Å². The Morgan fingerprint density at radius 2 is 1.87 bits per heavy atom. The molecule has 0 bridgehead atoms. The van der Waals surface area contributed by atoms with E-state index in [1.54, 1.807) is 27.7 Å². The summed E-state index contributed by atoms with van der Waals surface area (Å²) in [6.45, 7) is 7.03. The predicted octanol–water partition coefficient (Wildman–Crippen LogP) is 0.734. The zero-order valence-electron chi connectivity index (χ0n) is 9.49. The van der Waals surface area contributed by atoms with Crippen molar-refractivity contribution in [3.63, 3.8) is 0 Å². The van der Waals surface area contributed by atoms with Crippen molar-refractivity contribution in [2.45, 2.75) is 33.3 Å². The number of hydrogen-bond donors (Lipinski definition) is 1. The topological polar surface area (TPSA) is 78.6 Å². The Balaban J connectivity index is 4.36. The third-order valence-corrected chi connectivity index (χ3v) is 1.19. The lowest BCUT2D eigenvalue weighted by atomic mass is 10.2. The molecule has 86 valence electrons. The van der Waals surface area contributed by atoms with E-state index in [0.29, 0.717) is 0 Å². The lowest BCUT2D eigenvalue weighted by Gasteiger charge is -2.18. The van der Waals surface area contributed by atoms with Crippen LogP contribution in [0.3, 0.4) is 0 Å². The molecule has 5 heteroatoms. The molecule has 0 radical (unpaired) electrons. The van der Waals surface area contributed by atoms with Crippen LogP contribution < -0.4 is 5.73 Å². The van der Waals surface area contributed by atoms with Gasteiger partial charge in [-0.05, 0) is 27.7 Å². The summed E-state index contributed by atoms with van der Waals surface area (Å²) < 4.78 is 9.53. The van der Waals surface area contributed by atoms with Gasteiger partial charge in [0.2, 0.25) is 0 Å². The Labute approximate surface area is 89.2 Å². The maximum Gasteiger partial charge on any atom is 0.354 e. The van der Waals surface area contributed by atoms with Crippen molar-refractivity contribution in [1.82, 2.24) is 0 Å². The van der Waals surface area contributed by atoms with Crippen LogP contribution in [0.5, 0.6) is 0 Å². The number of rotatable bonds is 3. The Morgan fingerprint density at radius 1 is 1.33 bits per heavy atom. The van der Waals surface area contributed by atoms with Crippen LogP contribution in [-0.4, -0.2) is 24.1 Å². The summed E-state index contributed by atoms with van der Waals surface area (Å²) in [5.41, 5.74) is 4.44. The van der Waals surface area contributed by atoms with Crippen LogP contribution in [0.4, 0.5) is 0 Å². The van der Waals surface area contributed by atoms with Crippen LogP contribution in [-0.2, 0) is 19.1 Å².